The van der Waals surface area contributed by atoms with Crippen molar-refractivity contribution in [3.8, 4) is 5.75 Å². The standard InChI is InChI=1S/C16H24N4O4S/c1-24-15-4-3-12(9-13(15)19-25(2,22)23)17-16(21)18-14-10-20-7-5-11(14)6-8-20/h3-4,9,11,14,19H,5-8,10H2,1-2H3,(H2,17,18,21)/t14-/m0/s1. The summed E-state index contributed by atoms with van der Waals surface area (Å²) < 4.78 is 30.5. The van der Waals surface area contributed by atoms with E-state index in [0.29, 0.717) is 17.4 Å². The van der Waals surface area contributed by atoms with Gasteiger partial charge in [0.05, 0.1) is 19.1 Å². The molecule has 0 spiro atoms. The number of benzene rings is 1. The molecule has 0 aromatic heterocycles. The second kappa shape index (κ2) is 7.09. The third kappa shape index (κ3) is 4.55. The largest absolute Gasteiger partial charge is 0.495 e. The number of nitrogens with one attached hydrogen (secondary N) is 3. The van der Waals surface area contributed by atoms with Crippen LogP contribution in [0.2, 0.25) is 0 Å². The quantitative estimate of drug-likeness (QED) is 0.727. The number of hydrogen-bond donors (Lipinski definition) is 3. The number of carbonyl (C=O) groups is 1. The molecule has 25 heavy (non-hydrogen) atoms. The van der Waals surface area contributed by atoms with E-state index in [1.807, 2.05) is 0 Å². The van der Waals surface area contributed by atoms with Crippen molar-refractivity contribution in [1.29, 1.82) is 0 Å². The molecule has 3 aliphatic rings. The Hall–Kier alpha value is -2.00. The first-order chi connectivity index (χ1) is 11.8. The molecule has 2 bridgehead atoms. The van der Waals surface area contributed by atoms with Gasteiger partial charge >= 0.3 is 6.03 Å². The lowest BCUT2D eigenvalue weighted by Gasteiger charge is -2.44. The maximum absolute atomic E-state index is 12.3. The number of hydrogen-bond acceptors (Lipinski definition) is 5. The number of amides is 2. The average Bonchev–Trinajstić information content (AvgIpc) is 2.54. The minimum atomic E-state index is -3.45. The van der Waals surface area contributed by atoms with Crippen LogP contribution in [0.3, 0.4) is 0 Å². The molecule has 8 nitrogen and oxygen atoms in total. The molecule has 3 fully saturated rings. The second-order valence-corrected chi connectivity index (χ2v) is 8.38. The molecule has 3 aliphatic heterocycles. The zero-order valence-electron chi connectivity index (χ0n) is 14.4. The van der Waals surface area contributed by atoms with Crippen LogP contribution in [0.25, 0.3) is 0 Å². The van der Waals surface area contributed by atoms with Crippen LogP contribution in [0.1, 0.15) is 12.8 Å². The number of ether oxygens (including phenoxy) is 1. The lowest BCUT2D eigenvalue weighted by Crippen LogP contribution is -2.57. The van der Waals surface area contributed by atoms with Crippen molar-refractivity contribution in [2.75, 3.05) is 43.0 Å². The van der Waals surface area contributed by atoms with E-state index in [4.69, 9.17) is 4.74 Å². The second-order valence-electron chi connectivity index (χ2n) is 6.63. The summed E-state index contributed by atoms with van der Waals surface area (Å²) >= 11 is 0. The molecule has 3 heterocycles. The molecule has 0 aliphatic carbocycles. The van der Waals surface area contributed by atoms with Crippen LogP contribution < -0.4 is 20.1 Å². The Bertz CT molecular complexity index is 745. The summed E-state index contributed by atoms with van der Waals surface area (Å²) in [7, 11) is -1.99. The van der Waals surface area contributed by atoms with Crippen LogP contribution >= 0.6 is 0 Å². The van der Waals surface area contributed by atoms with Crippen LogP contribution in [0.4, 0.5) is 16.2 Å². The van der Waals surface area contributed by atoms with E-state index in [9.17, 15) is 13.2 Å². The fraction of sp³-hybridized carbons (Fsp3) is 0.562. The van der Waals surface area contributed by atoms with Crippen molar-refractivity contribution < 1.29 is 17.9 Å². The summed E-state index contributed by atoms with van der Waals surface area (Å²) in [6.07, 6.45) is 3.30. The van der Waals surface area contributed by atoms with Crippen molar-refractivity contribution in [2.45, 2.75) is 18.9 Å². The van der Waals surface area contributed by atoms with E-state index < -0.39 is 10.0 Å². The molecule has 3 saturated heterocycles. The molecule has 2 amide bonds. The van der Waals surface area contributed by atoms with E-state index >= 15 is 0 Å². The van der Waals surface area contributed by atoms with Gasteiger partial charge in [0.2, 0.25) is 10.0 Å². The number of anilines is 2. The Kier molecular flexibility index (Phi) is 5.05. The molecule has 0 radical (unpaired) electrons. The number of rotatable bonds is 5. The van der Waals surface area contributed by atoms with E-state index in [0.717, 1.165) is 38.7 Å². The Morgan fingerprint density at radius 1 is 1.28 bits per heavy atom. The van der Waals surface area contributed by atoms with Crippen LogP contribution in [0, 0.1) is 5.92 Å². The van der Waals surface area contributed by atoms with Gasteiger partial charge in [-0.15, -0.1) is 0 Å². The minimum Gasteiger partial charge on any atom is -0.495 e. The topological polar surface area (TPSA) is 99.8 Å². The van der Waals surface area contributed by atoms with Gasteiger partial charge in [-0.3, -0.25) is 4.72 Å². The molecule has 1 atom stereocenters. The van der Waals surface area contributed by atoms with Crippen LogP contribution in [-0.4, -0.2) is 58.4 Å². The van der Waals surface area contributed by atoms with Gasteiger partial charge in [0, 0.05) is 18.3 Å². The molecule has 3 N–H and O–H groups in total. The zero-order chi connectivity index (χ0) is 18.0. The zero-order valence-corrected chi connectivity index (χ0v) is 15.2. The number of nitrogens with zero attached hydrogens (tertiary/aromatic N) is 1. The Morgan fingerprint density at radius 3 is 2.56 bits per heavy atom. The van der Waals surface area contributed by atoms with Crippen LogP contribution in [0.15, 0.2) is 18.2 Å². The number of piperidine rings is 3. The lowest BCUT2D eigenvalue weighted by molar-refractivity contribution is 0.0777. The molecule has 1 aromatic carbocycles. The number of carbonyl (C=O) groups excluding carboxylic acids is 1. The fourth-order valence-corrected chi connectivity index (χ4v) is 4.09. The van der Waals surface area contributed by atoms with Gasteiger partial charge in [-0.25, -0.2) is 13.2 Å². The minimum absolute atomic E-state index is 0.161. The molecular weight excluding hydrogens is 344 g/mol. The van der Waals surface area contributed by atoms with Gasteiger partial charge < -0.3 is 20.3 Å². The molecule has 138 valence electrons. The Balaban J connectivity index is 1.65. The lowest BCUT2D eigenvalue weighted by atomic mass is 9.84. The van der Waals surface area contributed by atoms with Gasteiger partial charge in [-0.2, -0.15) is 0 Å². The normalized spacial score (nSPS) is 25.3. The van der Waals surface area contributed by atoms with Crippen molar-refractivity contribution >= 4 is 27.4 Å². The summed E-state index contributed by atoms with van der Waals surface area (Å²) in [6, 6.07) is 4.69. The van der Waals surface area contributed by atoms with Gasteiger partial charge in [-0.1, -0.05) is 0 Å². The molecule has 1 aromatic rings. The summed E-state index contributed by atoms with van der Waals surface area (Å²) in [4.78, 5) is 14.7. The van der Waals surface area contributed by atoms with Gasteiger partial charge in [0.15, 0.2) is 0 Å². The van der Waals surface area contributed by atoms with E-state index in [1.54, 1.807) is 12.1 Å². The first-order valence-corrected chi connectivity index (χ1v) is 10.2. The van der Waals surface area contributed by atoms with Crippen molar-refractivity contribution in [1.82, 2.24) is 10.2 Å². The van der Waals surface area contributed by atoms with Crippen LogP contribution in [-0.2, 0) is 10.0 Å². The highest BCUT2D eigenvalue weighted by Gasteiger charge is 2.34. The third-order valence-electron chi connectivity index (χ3n) is 4.73. The van der Waals surface area contributed by atoms with E-state index in [1.165, 1.54) is 13.2 Å². The van der Waals surface area contributed by atoms with Crippen molar-refractivity contribution in [3.63, 3.8) is 0 Å². The first-order valence-electron chi connectivity index (χ1n) is 8.30. The summed E-state index contributed by atoms with van der Waals surface area (Å²) in [5.74, 6) is 0.919. The number of fused-ring (bicyclic) bond motifs is 3. The number of methoxy groups -OCH3 is 1. The highest BCUT2D eigenvalue weighted by Crippen LogP contribution is 2.29. The predicted octanol–water partition coefficient (Wildman–Crippen LogP) is 1.28. The molecule has 0 saturated carbocycles. The monoisotopic (exact) mass is 368 g/mol. The van der Waals surface area contributed by atoms with E-state index in [2.05, 4.69) is 20.3 Å². The van der Waals surface area contributed by atoms with Gasteiger partial charge in [0.25, 0.3) is 0 Å². The van der Waals surface area contributed by atoms with Gasteiger partial charge in [-0.05, 0) is 50.0 Å². The van der Waals surface area contributed by atoms with Crippen LogP contribution in [0.5, 0.6) is 5.75 Å². The van der Waals surface area contributed by atoms with Gasteiger partial charge in [0.1, 0.15) is 5.75 Å². The number of urea groups is 1. The highest BCUT2D eigenvalue weighted by atomic mass is 32.2. The first kappa shape index (κ1) is 17.8. The highest BCUT2D eigenvalue weighted by molar-refractivity contribution is 7.92. The average molecular weight is 368 g/mol. The third-order valence-corrected chi connectivity index (χ3v) is 5.32. The summed E-state index contributed by atoms with van der Waals surface area (Å²) in [5.41, 5.74) is 0.774. The Labute approximate surface area is 148 Å². The predicted molar refractivity (Wildman–Crippen MR) is 96.6 cm³/mol. The fourth-order valence-electron chi connectivity index (χ4n) is 3.53. The molecule has 0 unspecified atom stereocenters. The maximum Gasteiger partial charge on any atom is 0.319 e. The number of sulfonamides is 1. The van der Waals surface area contributed by atoms with E-state index in [-0.39, 0.29) is 17.8 Å². The maximum atomic E-state index is 12.3. The molecule has 4 rings (SSSR count). The van der Waals surface area contributed by atoms with Crippen molar-refractivity contribution in [2.24, 2.45) is 5.92 Å². The Morgan fingerprint density at radius 2 is 2.00 bits per heavy atom. The molecular formula is C16H24N4O4S. The molecule has 9 heteroatoms. The SMILES string of the molecule is COc1ccc(NC(=O)N[C@H]2CN3CCC2CC3)cc1NS(C)(=O)=O. The summed E-state index contributed by atoms with van der Waals surface area (Å²) in [6.45, 7) is 3.12. The smallest absolute Gasteiger partial charge is 0.319 e. The van der Waals surface area contributed by atoms with Crippen molar-refractivity contribution in [3.05, 3.63) is 18.2 Å². The summed E-state index contributed by atoms with van der Waals surface area (Å²) in [5, 5.41) is 5.80.